The minimum Gasteiger partial charge on any atom is -0.348 e. The van der Waals surface area contributed by atoms with Crippen LogP contribution in [0.25, 0.3) is 0 Å². The highest BCUT2D eigenvalue weighted by Crippen LogP contribution is 2.30. The minimum absolute atomic E-state index is 0.0717. The fraction of sp³-hybridized carbons (Fsp3) is 0.538. The molecule has 0 unspecified atom stereocenters. The van der Waals surface area contributed by atoms with E-state index in [2.05, 4.69) is 17.4 Å². The van der Waals surface area contributed by atoms with Gasteiger partial charge in [-0.2, -0.15) is 0 Å². The summed E-state index contributed by atoms with van der Waals surface area (Å²) in [4.78, 5) is 0. The highest BCUT2D eigenvalue weighted by molar-refractivity contribution is 5.20. The first-order chi connectivity index (χ1) is 7.62. The van der Waals surface area contributed by atoms with Gasteiger partial charge in [0.25, 0.3) is 0 Å². The first-order valence-corrected chi connectivity index (χ1v) is 5.66. The van der Waals surface area contributed by atoms with Crippen molar-refractivity contribution in [3.05, 3.63) is 35.9 Å². The maximum Gasteiger partial charge on any atom is 0.163 e. The molecule has 1 heterocycles. The third-order valence-corrected chi connectivity index (χ3v) is 2.87. The first kappa shape index (κ1) is 11.6. The van der Waals surface area contributed by atoms with Crippen LogP contribution < -0.4 is 5.32 Å². The summed E-state index contributed by atoms with van der Waals surface area (Å²) in [6, 6.07) is 10.5. The van der Waals surface area contributed by atoms with Gasteiger partial charge in [0, 0.05) is 0 Å². The van der Waals surface area contributed by atoms with Crippen molar-refractivity contribution < 1.29 is 9.47 Å². The fourth-order valence-electron chi connectivity index (χ4n) is 2.11. The summed E-state index contributed by atoms with van der Waals surface area (Å²) >= 11 is 0. The Morgan fingerprint density at radius 3 is 2.50 bits per heavy atom. The molecule has 1 aromatic carbocycles. The van der Waals surface area contributed by atoms with Crippen molar-refractivity contribution in [1.82, 2.24) is 5.32 Å². The molecular weight excluding hydrogens is 202 g/mol. The Kier molecular flexibility index (Phi) is 3.28. The van der Waals surface area contributed by atoms with E-state index in [-0.39, 0.29) is 12.1 Å². The third kappa shape index (κ3) is 2.43. The molecule has 2 rings (SSSR count). The molecular formula is C13H19NO2. The van der Waals surface area contributed by atoms with Gasteiger partial charge in [-0.15, -0.1) is 0 Å². The molecule has 1 aliphatic heterocycles. The second kappa shape index (κ2) is 4.53. The number of hydrogen-bond acceptors (Lipinski definition) is 3. The molecule has 0 saturated carbocycles. The largest absolute Gasteiger partial charge is 0.348 e. The molecule has 0 radical (unpaired) electrons. The highest BCUT2D eigenvalue weighted by Gasteiger charge is 2.37. The van der Waals surface area contributed by atoms with Crippen molar-refractivity contribution in [2.24, 2.45) is 0 Å². The van der Waals surface area contributed by atoms with Crippen molar-refractivity contribution in [1.29, 1.82) is 0 Å². The summed E-state index contributed by atoms with van der Waals surface area (Å²) in [6.45, 7) is 4.53. The molecule has 1 fully saturated rings. The van der Waals surface area contributed by atoms with E-state index in [0.717, 1.165) is 0 Å². The van der Waals surface area contributed by atoms with Gasteiger partial charge in [0.15, 0.2) is 5.79 Å². The minimum atomic E-state index is -0.464. The van der Waals surface area contributed by atoms with Gasteiger partial charge in [0.1, 0.15) is 6.10 Å². The Morgan fingerprint density at radius 2 is 2.00 bits per heavy atom. The van der Waals surface area contributed by atoms with Gasteiger partial charge in [-0.1, -0.05) is 30.3 Å². The lowest BCUT2D eigenvalue weighted by molar-refractivity contribution is -0.141. The third-order valence-electron chi connectivity index (χ3n) is 2.87. The summed E-state index contributed by atoms with van der Waals surface area (Å²) < 4.78 is 11.5. The fourth-order valence-corrected chi connectivity index (χ4v) is 2.11. The molecule has 0 bridgehead atoms. The van der Waals surface area contributed by atoms with E-state index in [9.17, 15) is 0 Å². The van der Waals surface area contributed by atoms with Gasteiger partial charge < -0.3 is 14.8 Å². The van der Waals surface area contributed by atoms with Crippen LogP contribution in [-0.4, -0.2) is 25.5 Å². The van der Waals surface area contributed by atoms with E-state index in [1.54, 1.807) is 0 Å². The van der Waals surface area contributed by atoms with Crippen LogP contribution in [-0.2, 0) is 9.47 Å². The van der Waals surface area contributed by atoms with Gasteiger partial charge in [0.05, 0.1) is 12.6 Å². The van der Waals surface area contributed by atoms with Crippen molar-refractivity contribution in [3.8, 4) is 0 Å². The summed E-state index contributed by atoms with van der Waals surface area (Å²) in [5.41, 5.74) is 1.23. The SMILES string of the molecule is CN[C@H](c1ccccc1)[C@@H]1COC(C)(C)O1. The van der Waals surface area contributed by atoms with Gasteiger partial charge in [-0.3, -0.25) is 0 Å². The van der Waals surface area contributed by atoms with Crippen molar-refractivity contribution >= 4 is 0 Å². The van der Waals surface area contributed by atoms with Gasteiger partial charge in [0.2, 0.25) is 0 Å². The number of nitrogens with one attached hydrogen (secondary N) is 1. The van der Waals surface area contributed by atoms with E-state index in [1.807, 2.05) is 39.1 Å². The Labute approximate surface area is 96.8 Å². The molecule has 1 saturated heterocycles. The molecule has 16 heavy (non-hydrogen) atoms. The molecule has 3 nitrogen and oxygen atoms in total. The van der Waals surface area contributed by atoms with Gasteiger partial charge in [-0.05, 0) is 26.5 Å². The van der Waals surface area contributed by atoms with E-state index >= 15 is 0 Å². The number of ether oxygens (including phenoxy) is 2. The Morgan fingerprint density at radius 1 is 1.31 bits per heavy atom. The highest BCUT2D eigenvalue weighted by atomic mass is 16.7. The molecule has 1 aliphatic rings. The van der Waals surface area contributed by atoms with Crippen LogP contribution in [0.5, 0.6) is 0 Å². The van der Waals surface area contributed by atoms with Crippen LogP contribution >= 0.6 is 0 Å². The van der Waals surface area contributed by atoms with Gasteiger partial charge >= 0.3 is 0 Å². The molecule has 0 aromatic heterocycles. The Bertz CT molecular complexity index is 337. The average Bonchev–Trinajstić information content (AvgIpc) is 2.62. The molecule has 88 valence electrons. The quantitative estimate of drug-likeness (QED) is 0.848. The van der Waals surface area contributed by atoms with E-state index in [4.69, 9.17) is 9.47 Å². The second-order valence-corrected chi connectivity index (χ2v) is 4.54. The van der Waals surface area contributed by atoms with Gasteiger partial charge in [-0.25, -0.2) is 0 Å². The predicted octanol–water partition coefficient (Wildman–Crippen LogP) is 2.10. The van der Waals surface area contributed by atoms with E-state index in [1.165, 1.54) is 5.56 Å². The number of rotatable bonds is 3. The monoisotopic (exact) mass is 221 g/mol. The zero-order valence-corrected chi connectivity index (χ0v) is 10.1. The standard InChI is InChI=1S/C13H19NO2/c1-13(2)15-9-11(16-13)12(14-3)10-7-5-4-6-8-10/h4-8,11-12,14H,9H2,1-3H3/t11-,12+/m0/s1. The van der Waals surface area contributed by atoms with E-state index < -0.39 is 5.79 Å². The maximum atomic E-state index is 5.87. The number of benzene rings is 1. The van der Waals surface area contributed by atoms with Crippen molar-refractivity contribution in [2.45, 2.75) is 31.8 Å². The van der Waals surface area contributed by atoms with Crippen LogP contribution in [0, 0.1) is 0 Å². The number of likely N-dealkylation sites (N-methyl/N-ethyl adjacent to an activating group) is 1. The normalized spacial score (nSPS) is 25.6. The summed E-state index contributed by atoms with van der Waals surface area (Å²) in [5.74, 6) is -0.464. The van der Waals surface area contributed by atoms with Crippen LogP contribution in [0.4, 0.5) is 0 Å². The van der Waals surface area contributed by atoms with Crippen LogP contribution in [0.15, 0.2) is 30.3 Å². The van der Waals surface area contributed by atoms with Crippen molar-refractivity contribution in [2.75, 3.05) is 13.7 Å². The molecule has 1 aromatic rings. The smallest absolute Gasteiger partial charge is 0.163 e. The molecule has 0 spiro atoms. The molecule has 0 amide bonds. The predicted molar refractivity (Wildman–Crippen MR) is 63.1 cm³/mol. The topological polar surface area (TPSA) is 30.5 Å². The molecule has 0 aliphatic carbocycles. The zero-order valence-electron chi connectivity index (χ0n) is 10.1. The van der Waals surface area contributed by atoms with Crippen LogP contribution in [0.1, 0.15) is 25.5 Å². The van der Waals surface area contributed by atoms with Crippen molar-refractivity contribution in [3.63, 3.8) is 0 Å². The maximum absolute atomic E-state index is 5.87. The molecule has 2 atom stereocenters. The lowest BCUT2D eigenvalue weighted by Gasteiger charge is -2.24. The average molecular weight is 221 g/mol. The van der Waals surface area contributed by atoms with Crippen LogP contribution in [0.3, 0.4) is 0 Å². The lowest BCUT2D eigenvalue weighted by Crippen LogP contribution is -2.32. The lowest BCUT2D eigenvalue weighted by atomic mass is 10.0. The first-order valence-electron chi connectivity index (χ1n) is 5.66. The second-order valence-electron chi connectivity index (χ2n) is 4.54. The summed E-state index contributed by atoms with van der Waals surface area (Å²) in [6.07, 6.45) is 0.0717. The Balaban J connectivity index is 2.13. The van der Waals surface area contributed by atoms with E-state index in [0.29, 0.717) is 6.61 Å². The van der Waals surface area contributed by atoms with Crippen LogP contribution in [0.2, 0.25) is 0 Å². The summed E-state index contributed by atoms with van der Waals surface area (Å²) in [5, 5.41) is 3.29. The summed E-state index contributed by atoms with van der Waals surface area (Å²) in [7, 11) is 1.95. The number of hydrogen-bond donors (Lipinski definition) is 1. The Hall–Kier alpha value is -0.900. The molecule has 3 heteroatoms. The zero-order chi connectivity index (χ0) is 11.6. The molecule has 1 N–H and O–H groups in total.